The Bertz CT molecular complexity index is 630. The number of nitrogens with one attached hydrogen (secondary N) is 2. The lowest BCUT2D eigenvalue weighted by Gasteiger charge is -2.17. The van der Waals surface area contributed by atoms with Crippen LogP contribution in [0.1, 0.15) is 36.5 Å². The molecule has 5 heteroatoms. The maximum atomic E-state index is 4.41. The normalized spacial score (nSPS) is 10.8. The van der Waals surface area contributed by atoms with E-state index >= 15 is 0 Å². The molecule has 21 heavy (non-hydrogen) atoms. The number of aryl methyl sites for hydroxylation is 2. The lowest BCUT2D eigenvalue weighted by atomic mass is 10.0. The van der Waals surface area contributed by atoms with Gasteiger partial charge in [-0.1, -0.05) is 29.8 Å². The van der Waals surface area contributed by atoms with Gasteiger partial charge in [-0.15, -0.1) is 0 Å². The van der Waals surface area contributed by atoms with Gasteiger partial charge in [0.2, 0.25) is 0 Å². The summed E-state index contributed by atoms with van der Waals surface area (Å²) in [5, 5.41) is 6.56. The van der Waals surface area contributed by atoms with Gasteiger partial charge < -0.3 is 10.6 Å². The quantitative estimate of drug-likeness (QED) is 0.835. The van der Waals surface area contributed by atoms with Crippen molar-refractivity contribution in [3.63, 3.8) is 0 Å². The molecular weight excluding hydrogens is 328 g/mol. The summed E-state index contributed by atoms with van der Waals surface area (Å²) in [4.78, 5) is 8.71. The van der Waals surface area contributed by atoms with Crippen molar-refractivity contribution in [3.05, 3.63) is 39.6 Å². The third kappa shape index (κ3) is 3.35. The van der Waals surface area contributed by atoms with Crippen molar-refractivity contribution in [1.29, 1.82) is 0 Å². The molecule has 0 aliphatic rings. The summed E-state index contributed by atoms with van der Waals surface area (Å²) in [6, 6.07) is 4.23. The van der Waals surface area contributed by atoms with Gasteiger partial charge in [0, 0.05) is 22.8 Å². The minimum absolute atomic E-state index is 0.328. The van der Waals surface area contributed by atoms with E-state index < -0.39 is 0 Å². The first kappa shape index (κ1) is 15.8. The molecule has 1 aromatic heterocycles. The van der Waals surface area contributed by atoms with Gasteiger partial charge in [0.15, 0.2) is 0 Å². The van der Waals surface area contributed by atoms with Crippen LogP contribution in [0.25, 0.3) is 0 Å². The molecule has 2 rings (SSSR count). The van der Waals surface area contributed by atoms with Crippen LogP contribution in [-0.4, -0.2) is 17.0 Å². The first-order valence-electron chi connectivity index (χ1n) is 7.00. The highest BCUT2D eigenvalue weighted by atomic mass is 79.9. The van der Waals surface area contributed by atoms with Gasteiger partial charge in [0.1, 0.15) is 18.0 Å². The number of hydrogen-bond donors (Lipinski definition) is 2. The number of hydrogen-bond acceptors (Lipinski definition) is 4. The van der Waals surface area contributed by atoms with Gasteiger partial charge in [0.25, 0.3) is 0 Å². The number of anilines is 3. The van der Waals surface area contributed by atoms with Crippen LogP contribution in [0.15, 0.2) is 22.9 Å². The van der Waals surface area contributed by atoms with Crippen LogP contribution in [0, 0.1) is 13.8 Å². The molecule has 2 aromatic rings. The molecule has 0 saturated carbocycles. The van der Waals surface area contributed by atoms with Crippen molar-refractivity contribution < 1.29 is 0 Å². The Balaban J connectivity index is 2.44. The van der Waals surface area contributed by atoms with E-state index in [1.807, 2.05) is 7.05 Å². The van der Waals surface area contributed by atoms with Crippen LogP contribution in [0.5, 0.6) is 0 Å². The molecule has 0 amide bonds. The Morgan fingerprint density at radius 2 is 1.62 bits per heavy atom. The van der Waals surface area contributed by atoms with Crippen molar-refractivity contribution in [3.8, 4) is 0 Å². The second-order valence-corrected chi connectivity index (χ2v) is 6.23. The topological polar surface area (TPSA) is 49.8 Å². The monoisotopic (exact) mass is 348 g/mol. The maximum Gasteiger partial charge on any atom is 0.139 e. The van der Waals surface area contributed by atoms with E-state index in [1.165, 1.54) is 11.1 Å². The standard InChI is InChI=1S/C16H21BrN4/c1-9(2)13-15(18-5)19-8-20-16(13)21-12-6-10(3)14(17)11(4)7-12/h6-9H,1-5H3,(H2,18,19,20,21). The molecule has 112 valence electrons. The van der Waals surface area contributed by atoms with Crippen LogP contribution in [-0.2, 0) is 0 Å². The number of rotatable bonds is 4. The summed E-state index contributed by atoms with van der Waals surface area (Å²) in [5.41, 5.74) is 4.53. The lowest BCUT2D eigenvalue weighted by Crippen LogP contribution is -2.07. The smallest absolute Gasteiger partial charge is 0.139 e. The average Bonchev–Trinajstić information content (AvgIpc) is 2.44. The summed E-state index contributed by atoms with van der Waals surface area (Å²) in [5.74, 6) is 2.05. The number of halogens is 1. The Morgan fingerprint density at radius 3 is 2.14 bits per heavy atom. The van der Waals surface area contributed by atoms with Crippen LogP contribution in [0.4, 0.5) is 17.3 Å². The van der Waals surface area contributed by atoms with Gasteiger partial charge in [-0.2, -0.15) is 0 Å². The van der Waals surface area contributed by atoms with E-state index in [1.54, 1.807) is 6.33 Å². The summed E-state index contributed by atoms with van der Waals surface area (Å²) in [6.07, 6.45) is 1.58. The second kappa shape index (κ2) is 6.43. The fourth-order valence-corrected chi connectivity index (χ4v) is 2.62. The Kier molecular flexibility index (Phi) is 4.83. The van der Waals surface area contributed by atoms with Crippen molar-refractivity contribution in [2.24, 2.45) is 0 Å². The zero-order valence-corrected chi connectivity index (χ0v) is 14.7. The molecule has 1 aromatic carbocycles. The predicted octanol–water partition coefficient (Wildman–Crippen LogP) is 4.76. The third-order valence-corrected chi connectivity index (χ3v) is 4.65. The highest BCUT2D eigenvalue weighted by Crippen LogP contribution is 2.32. The molecule has 0 unspecified atom stereocenters. The minimum Gasteiger partial charge on any atom is -0.373 e. The highest BCUT2D eigenvalue weighted by Gasteiger charge is 2.14. The van der Waals surface area contributed by atoms with Crippen LogP contribution < -0.4 is 10.6 Å². The molecule has 4 nitrogen and oxygen atoms in total. The third-order valence-electron chi connectivity index (χ3n) is 3.40. The summed E-state index contributed by atoms with van der Waals surface area (Å²) >= 11 is 3.60. The van der Waals surface area contributed by atoms with Crippen LogP contribution in [0.2, 0.25) is 0 Å². The Morgan fingerprint density at radius 1 is 1.05 bits per heavy atom. The van der Waals surface area contributed by atoms with E-state index in [2.05, 4.69) is 76.4 Å². The molecule has 0 spiro atoms. The SMILES string of the molecule is CNc1ncnc(Nc2cc(C)c(Br)c(C)c2)c1C(C)C. The van der Waals surface area contributed by atoms with Gasteiger partial charge in [0.05, 0.1) is 0 Å². The summed E-state index contributed by atoms with van der Waals surface area (Å²) in [6.45, 7) is 8.46. The number of nitrogens with zero attached hydrogens (tertiary/aromatic N) is 2. The zero-order chi connectivity index (χ0) is 15.6. The highest BCUT2D eigenvalue weighted by molar-refractivity contribution is 9.10. The van der Waals surface area contributed by atoms with Gasteiger partial charge in [-0.25, -0.2) is 9.97 Å². The Hall–Kier alpha value is -1.62. The molecule has 0 radical (unpaired) electrons. The molecule has 0 saturated heterocycles. The zero-order valence-electron chi connectivity index (χ0n) is 13.1. The summed E-state index contributed by atoms with van der Waals surface area (Å²) < 4.78 is 1.15. The first-order valence-corrected chi connectivity index (χ1v) is 7.79. The molecule has 0 aliphatic carbocycles. The van der Waals surface area contributed by atoms with E-state index in [-0.39, 0.29) is 0 Å². The average molecular weight is 349 g/mol. The van der Waals surface area contributed by atoms with E-state index in [0.717, 1.165) is 27.4 Å². The van der Waals surface area contributed by atoms with Crippen molar-refractivity contribution in [2.45, 2.75) is 33.6 Å². The lowest BCUT2D eigenvalue weighted by molar-refractivity contribution is 0.852. The van der Waals surface area contributed by atoms with Gasteiger partial charge >= 0.3 is 0 Å². The first-order chi connectivity index (χ1) is 9.93. The molecule has 1 heterocycles. The van der Waals surface area contributed by atoms with Crippen molar-refractivity contribution in [2.75, 3.05) is 17.7 Å². The van der Waals surface area contributed by atoms with E-state index in [4.69, 9.17) is 0 Å². The predicted molar refractivity (Wildman–Crippen MR) is 92.6 cm³/mol. The molecule has 0 atom stereocenters. The fourth-order valence-electron chi connectivity index (χ4n) is 2.40. The number of benzene rings is 1. The van der Waals surface area contributed by atoms with Crippen LogP contribution in [0.3, 0.4) is 0 Å². The van der Waals surface area contributed by atoms with E-state index in [0.29, 0.717) is 5.92 Å². The Labute approximate surface area is 134 Å². The molecule has 2 N–H and O–H groups in total. The number of aromatic nitrogens is 2. The molecule has 0 bridgehead atoms. The van der Waals surface area contributed by atoms with Crippen molar-refractivity contribution in [1.82, 2.24) is 9.97 Å². The maximum absolute atomic E-state index is 4.41. The molecular formula is C16H21BrN4. The minimum atomic E-state index is 0.328. The second-order valence-electron chi connectivity index (χ2n) is 5.44. The van der Waals surface area contributed by atoms with E-state index in [9.17, 15) is 0 Å². The van der Waals surface area contributed by atoms with Gasteiger partial charge in [-0.3, -0.25) is 0 Å². The summed E-state index contributed by atoms with van der Waals surface area (Å²) in [7, 11) is 1.88. The molecule has 0 fully saturated rings. The van der Waals surface area contributed by atoms with Gasteiger partial charge in [-0.05, 0) is 43.0 Å². The molecule has 0 aliphatic heterocycles. The van der Waals surface area contributed by atoms with Crippen LogP contribution >= 0.6 is 15.9 Å². The fraction of sp³-hybridized carbons (Fsp3) is 0.375. The largest absolute Gasteiger partial charge is 0.373 e. The van der Waals surface area contributed by atoms with Crippen molar-refractivity contribution >= 4 is 33.3 Å².